The third-order valence-electron chi connectivity index (χ3n) is 3.91. The van der Waals surface area contributed by atoms with Crippen LogP contribution in [0, 0.1) is 0 Å². The molecular formula is C21H21NO3S. The Kier molecular flexibility index (Phi) is 5.78. The Hall–Kier alpha value is -2.53. The van der Waals surface area contributed by atoms with E-state index in [9.17, 15) is 9.59 Å². The highest BCUT2D eigenvalue weighted by molar-refractivity contribution is 8.18. The second kappa shape index (κ2) is 8.23. The first kappa shape index (κ1) is 18.3. The molecule has 0 radical (unpaired) electrons. The third kappa shape index (κ3) is 4.35. The van der Waals surface area contributed by atoms with Crippen molar-refractivity contribution in [3.63, 3.8) is 0 Å². The number of imide groups is 1. The lowest BCUT2D eigenvalue weighted by Gasteiger charge is -2.13. The van der Waals surface area contributed by atoms with Crippen molar-refractivity contribution in [2.45, 2.75) is 26.4 Å². The molecule has 0 atom stereocenters. The highest BCUT2D eigenvalue weighted by Crippen LogP contribution is 2.34. The molecule has 26 heavy (non-hydrogen) atoms. The minimum atomic E-state index is -0.240. The van der Waals surface area contributed by atoms with Gasteiger partial charge in [0.15, 0.2) is 0 Å². The van der Waals surface area contributed by atoms with Gasteiger partial charge in [0.1, 0.15) is 5.75 Å². The maximum absolute atomic E-state index is 12.7. The van der Waals surface area contributed by atoms with Crippen LogP contribution in [0.15, 0.2) is 59.5 Å². The quantitative estimate of drug-likeness (QED) is 0.691. The summed E-state index contributed by atoms with van der Waals surface area (Å²) < 4.78 is 5.79. The lowest BCUT2D eigenvalue weighted by Crippen LogP contribution is -2.30. The Morgan fingerprint density at radius 1 is 1.04 bits per heavy atom. The predicted octanol–water partition coefficient (Wildman–Crippen LogP) is 4.75. The van der Waals surface area contributed by atoms with Crippen molar-refractivity contribution < 1.29 is 14.3 Å². The molecule has 1 aliphatic rings. The molecule has 0 unspecified atom stereocenters. The fourth-order valence-electron chi connectivity index (χ4n) is 2.68. The van der Waals surface area contributed by atoms with Crippen molar-refractivity contribution in [3.8, 4) is 5.75 Å². The molecule has 0 aromatic heterocycles. The van der Waals surface area contributed by atoms with Crippen LogP contribution in [-0.2, 0) is 11.2 Å². The minimum absolute atomic E-state index is 0.0329. The number of carbonyl (C=O) groups excluding carboxylic acids is 2. The third-order valence-corrected chi connectivity index (χ3v) is 4.82. The topological polar surface area (TPSA) is 46.6 Å². The van der Waals surface area contributed by atoms with E-state index in [1.165, 1.54) is 4.90 Å². The van der Waals surface area contributed by atoms with E-state index in [-0.39, 0.29) is 17.3 Å². The van der Waals surface area contributed by atoms with Crippen LogP contribution in [0.25, 0.3) is 6.08 Å². The molecule has 4 nitrogen and oxygen atoms in total. The number of ether oxygens (including phenoxy) is 1. The van der Waals surface area contributed by atoms with Gasteiger partial charge in [0.25, 0.3) is 11.1 Å². The van der Waals surface area contributed by atoms with Gasteiger partial charge in [0, 0.05) is 12.1 Å². The van der Waals surface area contributed by atoms with Crippen molar-refractivity contribution >= 4 is 29.0 Å². The van der Waals surface area contributed by atoms with Crippen LogP contribution < -0.4 is 4.74 Å². The molecule has 5 heteroatoms. The van der Waals surface area contributed by atoms with Gasteiger partial charge >= 0.3 is 0 Å². The summed E-state index contributed by atoms with van der Waals surface area (Å²) in [5.74, 6) is 0.467. The molecule has 0 aliphatic carbocycles. The van der Waals surface area contributed by atoms with E-state index in [0.717, 1.165) is 22.9 Å². The van der Waals surface area contributed by atoms with Crippen LogP contribution in [0.3, 0.4) is 0 Å². The summed E-state index contributed by atoms with van der Waals surface area (Å²) in [5, 5.41) is -0.223. The van der Waals surface area contributed by atoms with E-state index in [1.54, 1.807) is 6.08 Å². The van der Waals surface area contributed by atoms with Crippen LogP contribution in [-0.4, -0.2) is 28.7 Å². The molecule has 2 amide bonds. The van der Waals surface area contributed by atoms with E-state index in [2.05, 4.69) is 0 Å². The van der Waals surface area contributed by atoms with Gasteiger partial charge in [0.05, 0.1) is 11.0 Å². The number of nitrogens with zero attached hydrogens (tertiary/aromatic N) is 1. The van der Waals surface area contributed by atoms with Gasteiger partial charge in [-0.15, -0.1) is 0 Å². The van der Waals surface area contributed by atoms with Gasteiger partial charge in [-0.25, -0.2) is 0 Å². The lowest BCUT2D eigenvalue weighted by molar-refractivity contribution is -0.122. The van der Waals surface area contributed by atoms with Crippen molar-refractivity contribution in [3.05, 3.63) is 70.6 Å². The Morgan fingerprint density at radius 2 is 1.73 bits per heavy atom. The van der Waals surface area contributed by atoms with Crippen molar-refractivity contribution in [2.75, 3.05) is 6.54 Å². The van der Waals surface area contributed by atoms with E-state index >= 15 is 0 Å². The van der Waals surface area contributed by atoms with Crippen LogP contribution in [0.1, 0.15) is 25.0 Å². The first-order valence-electron chi connectivity index (χ1n) is 8.59. The molecule has 2 aromatic rings. The maximum Gasteiger partial charge on any atom is 0.293 e. The number of amides is 2. The zero-order valence-corrected chi connectivity index (χ0v) is 15.7. The first-order chi connectivity index (χ1) is 12.5. The molecule has 0 saturated carbocycles. The highest BCUT2D eigenvalue weighted by Gasteiger charge is 2.34. The van der Waals surface area contributed by atoms with Gasteiger partial charge in [-0.3, -0.25) is 14.5 Å². The summed E-state index contributed by atoms with van der Waals surface area (Å²) in [6.07, 6.45) is 2.43. The molecule has 134 valence electrons. The number of para-hydroxylation sites is 1. The summed E-state index contributed by atoms with van der Waals surface area (Å²) in [4.78, 5) is 26.7. The number of hydrogen-bond acceptors (Lipinski definition) is 4. The van der Waals surface area contributed by atoms with E-state index in [0.29, 0.717) is 23.6 Å². The van der Waals surface area contributed by atoms with Gasteiger partial charge in [-0.05, 0) is 49.7 Å². The van der Waals surface area contributed by atoms with Crippen LogP contribution in [0.5, 0.6) is 5.75 Å². The maximum atomic E-state index is 12.7. The second-order valence-electron chi connectivity index (χ2n) is 6.27. The summed E-state index contributed by atoms with van der Waals surface area (Å²) >= 11 is 0.982. The summed E-state index contributed by atoms with van der Waals surface area (Å²) in [6, 6.07) is 17.4. The van der Waals surface area contributed by atoms with Crippen LogP contribution in [0.2, 0.25) is 0 Å². The summed E-state index contributed by atoms with van der Waals surface area (Å²) in [6.45, 7) is 4.29. The number of hydrogen-bond donors (Lipinski definition) is 0. The molecule has 0 bridgehead atoms. The average molecular weight is 367 g/mol. The van der Waals surface area contributed by atoms with E-state index in [4.69, 9.17) is 4.74 Å². The standard InChI is InChI=1S/C21H21NO3S/c1-15(2)25-18-11-7-6-10-17(18)14-19-20(23)22(21(24)26-19)13-12-16-8-4-3-5-9-16/h3-11,14-15H,12-13H2,1-2H3/b19-14-. The minimum Gasteiger partial charge on any atom is -0.490 e. The first-order valence-corrected chi connectivity index (χ1v) is 9.41. The highest BCUT2D eigenvalue weighted by atomic mass is 32.2. The van der Waals surface area contributed by atoms with E-state index in [1.807, 2.05) is 68.4 Å². The largest absolute Gasteiger partial charge is 0.490 e. The Balaban J connectivity index is 1.75. The molecule has 1 saturated heterocycles. The smallest absolute Gasteiger partial charge is 0.293 e. The van der Waals surface area contributed by atoms with Crippen LogP contribution in [0.4, 0.5) is 4.79 Å². The number of thioether (sulfide) groups is 1. The monoisotopic (exact) mass is 367 g/mol. The van der Waals surface area contributed by atoms with Crippen molar-refractivity contribution in [1.82, 2.24) is 4.90 Å². The molecule has 1 heterocycles. The second-order valence-corrected chi connectivity index (χ2v) is 7.27. The Labute approximate surface area is 157 Å². The van der Waals surface area contributed by atoms with Gasteiger partial charge < -0.3 is 4.74 Å². The molecular weight excluding hydrogens is 346 g/mol. The summed E-state index contributed by atoms with van der Waals surface area (Å²) in [5.41, 5.74) is 1.90. The Bertz CT molecular complexity index is 830. The molecule has 0 spiro atoms. The van der Waals surface area contributed by atoms with Crippen molar-refractivity contribution in [2.24, 2.45) is 0 Å². The van der Waals surface area contributed by atoms with Gasteiger partial charge in [-0.2, -0.15) is 0 Å². The van der Waals surface area contributed by atoms with Gasteiger partial charge in [-0.1, -0.05) is 48.5 Å². The fourth-order valence-corrected chi connectivity index (χ4v) is 3.54. The molecule has 3 rings (SSSR count). The van der Waals surface area contributed by atoms with Crippen molar-refractivity contribution in [1.29, 1.82) is 0 Å². The number of benzene rings is 2. The molecule has 2 aromatic carbocycles. The molecule has 1 fully saturated rings. The Morgan fingerprint density at radius 3 is 2.46 bits per heavy atom. The SMILES string of the molecule is CC(C)Oc1ccccc1/C=C1\SC(=O)N(CCc2ccccc2)C1=O. The number of rotatable bonds is 6. The van der Waals surface area contributed by atoms with Gasteiger partial charge in [0.2, 0.25) is 0 Å². The average Bonchev–Trinajstić information content (AvgIpc) is 2.89. The zero-order chi connectivity index (χ0) is 18.5. The van der Waals surface area contributed by atoms with Crippen LogP contribution >= 0.6 is 11.8 Å². The van der Waals surface area contributed by atoms with E-state index < -0.39 is 0 Å². The lowest BCUT2D eigenvalue weighted by atomic mass is 10.1. The summed E-state index contributed by atoms with van der Waals surface area (Å²) in [7, 11) is 0. The number of carbonyl (C=O) groups is 2. The fraction of sp³-hybridized carbons (Fsp3) is 0.238. The zero-order valence-electron chi connectivity index (χ0n) is 14.8. The molecule has 0 N–H and O–H groups in total. The predicted molar refractivity (Wildman–Crippen MR) is 105 cm³/mol. The normalized spacial score (nSPS) is 16.0. The molecule has 1 aliphatic heterocycles.